The number of H-pyrrole nitrogens is 1. The number of unbranched alkanes of at least 4 members (excludes halogenated alkanes) is 10. The van der Waals surface area contributed by atoms with E-state index < -0.39 is 0 Å². The lowest BCUT2D eigenvalue weighted by Crippen LogP contribution is -2.43. The Morgan fingerprint density at radius 3 is 1.92 bits per heavy atom. The quantitative estimate of drug-likeness (QED) is 0.125. The highest BCUT2D eigenvalue weighted by molar-refractivity contribution is 5.32. The number of nitrogens with zero attached hydrogens (tertiary/aromatic N) is 1. The van der Waals surface area contributed by atoms with E-state index in [-0.39, 0.29) is 5.41 Å². The molecule has 2 heteroatoms. The number of aryl methyl sites for hydroxylation is 1. The largest absolute Gasteiger partial charge is 0.258 e. The lowest BCUT2D eigenvalue weighted by atomic mass is 9.66. The third-order valence-corrected chi connectivity index (χ3v) is 8.34. The molecule has 0 saturated carbocycles. The van der Waals surface area contributed by atoms with Crippen molar-refractivity contribution in [2.24, 2.45) is 0 Å². The normalized spacial score (nSPS) is 13.9. The summed E-state index contributed by atoms with van der Waals surface area (Å²) in [6.07, 6.45) is 22.9. The van der Waals surface area contributed by atoms with Crippen molar-refractivity contribution in [2.75, 3.05) is 0 Å². The van der Waals surface area contributed by atoms with E-state index in [0.717, 1.165) is 13.0 Å². The zero-order valence-electron chi connectivity index (χ0n) is 24.1. The van der Waals surface area contributed by atoms with Crippen LogP contribution in [0.25, 0.3) is 0 Å². The Balaban J connectivity index is 1.84. The fourth-order valence-electron chi connectivity index (χ4n) is 6.09. The molecule has 3 rings (SSSR count). The highest BCUT2D eigenvalue weighted by Gasteiger charge is 2.41. The summed E-state index contributed by atoms with van der Waals surface area (Å²) < 4.78 is 2.54. The van der Waals surface area contributed by atoms with E-state index in [1.165, 1.54) is 100 Å². The number of hydrogen-bond donors (Lipinski definition) is 1. The zero-order valence-corrected chi connectivity index (χ0v) is 24.1. The Morgan fingerprint density at radius 1 is 0.703 bits per heavy atom. The predicted molar refractivity (Wildman–Crippen MR) is 159 cm³/mol. The van der Waals surface area contributed by atoms with E-state index >= 15 is 0 Å². The third-order valence-electron chi connectivity index (χ3n) is 8.34. The Labute approximate surface area is 227 Å². The Kier molecular flexibility index (Phi) is 13.0. The molecule has 0 aliphatic carbocycles. The maximum Gasteiger partial charge on any atom is 0.258 e. The van der Waals surface area contributed by atoms with Gasteiger partial charge in [0.05, 0.1) is 12.5 Å². The van der Waals surface area contributed by atoms with Crippen molar-refractivity contribution in [1.82, 2.24) is 4.98 Å². The second kappa shape index (κ2) is 16.5. The van der Waals surface area contributed by atoms with E-state index in [1.807, 2.05) is 0 Å². The van der Waals surface area contributed by atoms with Crippen LogP contribution in [0.2, 0.25) is 0 Å². The zero-order chi connectivity index (χ0) is 26.2. The predicted octanol–water partition coefficient (Wildman–Crippen LogP) is 9.70. The average molecular weight is 502 g/mol. The summed E-state index contributed by atoms with van der Waals surface area (Å²) in [5.74, 6) is 1.86. The topological polar surface area (TPSA) is 19.7 Å². The molecule has 0 amide bonds. The van der Waals surface area contributed by atoms with Crippen molar-refractivity contribution >= 4 is 0 Å². The molecule has 1 N–H and O–H groups in total. The van der Waals surface area contributed by atoms with Gasteiger partial charge in [-0.2, -0.15) is 0 Å². The van der Waals surface area contributed by atoms with Gasteiger partial charge in [-0.3, -0.25) is 0 Å². The Hall–Kier alpha value is -2.35. The molecule has 1 aromatic heterocycles. The third kappa shape index (κ3) is 9.16. The smallest absolute Gasteiger partial charge is 0.247 e. The first-order valence-corrected chi connectivity index (χ1v) is 15.3. The van der Waals surface area contributed by atoms with Crippen LogP contribution in [0, 0.1) is 0 Å². The van der Waals surface area contributed by atoms with Crippen molar-refractivity contribution in [1.29, 1.82) is 0 Å². The number of hydrogen-bond acceptors (Lipinski definition) is 0. The van der Waals surface area contributed by atoms with Crippen LogP contribution in [0.15, 0.2) is 73.1 Å². The van der Waals surface area contributed by atoms with Gasteiger partial charge in [0, 0.05) is 5.41 Å². The average Bonchev–Trinajstić information content (AvgIpc) is 3.39. The molecule has 0 saturated heterocycles. The van der Waals surface area contributed by atoms with Crippen molar-refractivity contribution < 1.29 is 4.57 Å². The van der Waals surface area contributed by atoms with Crippen LogP contribution in [0.4, 0.5) is 0 Å². The first-order valence-electron chi connectivity index (χ1n) is 15.3. The number of benzene rings is 2. The molecule has 37 heavy (non-hydrogen) atoms. The summed E-state index contributed by atoms with van der Waals surface area (Å²) in [5, 5.41) is 0. The molecule has 0 fully saturated rings. The Bertz CT molecular complexity index is 961. The lowest BCUT2D eigenvalue weighted by molar-refractivity contribution is -0.705. The van der Waals surface area contributed by atoms with Gasteiger partial charge in [-0.15, -0.1) is 0 Å². The van der Waals surface area contributed by atoms with Gasteiger partial charge in [0.25, 0.3) is 5.82 Å². The molecule has 2 unspecified atom stereocenters. The van der Waals surface area contributed by atoms with E-state index in [1.54, 1.807) is 0 Å². The number of rotatable bonds is 19. The fourth-order valence-corrected chi connectivity index (χ4v) is 6.09. The van der Waals surface area contributed by atoms with Crippen LogP contribution in [0.3, 0.4) is 0 Å². The van der Waals surface area contributed by atoms with Crippen LogP contribution >= 0.6 is 0 Å². The summed E-state index contributed by atoms with van der Waals surface area (Å²) in [6, 6.07) is 22.5. The highest BCUT2D eigenvalue weighted by atomic mass is 15.1. The minimum Gasteiger partial charge on any atom is -0.247 e. The molecule has 3 aromatic rings. The van der Waals surface area contributed by atoms with Crippen molar-refractivity contribution in [3.63, 3.8) is 0 Å². The molecular formula is C35H53N2+. The molecule has 0 spiro atoms. The second-order valence-corrected chi connectivity index (χ2v) is 11.4. The van der Waals surface area contributed by atoms with Gasteiger partial charge in [-0.1, -0.05) is 146 Å². The van der Waals surface area contributed by atoms with E-state index in [9.17, 15) is 0 Å². The van der Waals surface area contributed by atoms with Gasteiger partial charge in [0.2, 0.25) is 0 Å². The molecule has 2 atom stereocenters. The molecule has 1 heterocycles. The van der Waals surface area contributed by atoms with Crippen LogP contribution in [0.1, 0.15) is 127 Å². The molecule has 0 aliphatic heterocycles. The summed E-state index contributed by atoms with van der Waals surface area (Å²) in [4.78, 5) is 3.75. The summed E-state index contributed by atoms with van der Waals surface area (Å²) in [7, 11) is 0. The van der Waals surface area contributed by atoms with E-state index in [4.69, 9.17) is 0 Å². The molecule has 0 radical (unpaired) electrons. The second-order valence-electron chi connectivity index (χ2n) is 11.4. The molecular weight excluding hydrogens is 448 g/mol. The summed E-state index contributed by atoms with van der Waals surface area (Å²) in [6.45, 7) is 8.23. The summed E-state index contributed by atoms with van der Waals surface area (Å²) in [5.41, 5.74) is 2.89. The van der Waals surface area contributed by atoms with Crippen molar-refractivity contribution in [3.8, 4) is 0 Å². The van der Waals surface area contributed by atoms with Gasteiger partial charge >= 0.3 is 0 Å². The number of imidazole rings is 1. The molecule has 0 aliphatic rings. The van der Waals surface area contributed by atoms with Crippen LogP contribution in [-0.4, -0.2) is 4.98 Å². The van der Waals surface area contributed by atoms with E-state index in [2.05, 4.69) is 103 Å². The van der Waals surface area contributed by atoms with Crippen LogP contribution < -0.4 is 4.57 Å². The fraction of sp³-hybridized carbons (Fsp3) is 0.571. The van der Waals surface area contributed by atoms with Gasteiger partial charge in [0.1, 0.15) is 12.4 Å². The Morgan fingerprint density at radius 2 is 1.27 bits per heavy atom. The minimum absolute atomic E-state index is 0.0137. The number of nitrogens with one attached hydrogen (secondary N) is 1. The minimum atomic E-state index is 0.0137. The van der Waals surface area contributed by atoms with Crippen LogP contribution in [-0.2, 0) is 18.4 Å². The summed E-state index contributed by atoms with van der Waals surface area (Å²) >= 11 is 0. The van der Waals surface area contributed by atoms with Crippen LogP contribution in [0.5, 0.6) is 0 Å². The molecule has 202 valence electrons. The number of aromatic nitrogens is 2. The van der Waals surface area contributed by atoms with Gasteiger partial charge in [-0.25, -0.2) is 9.55 Å². The standard InChI is InChI=1S/C35H52N2/c1-4-6-8-10-11-12-13-20-26-33(34-36-27-29-37(34)28-21-9-7-5-2)35(3,32-24-18-15-19-25-32)30-31-22-16-14-17-23-31/h14-19,22-25,27,29,33H,4-13,20-21,26,28,30H2,1-3H3/p+1. The molecule has 2 aromatic carbocycles. The lowest BCUT2D eigenvalue weighted by Gasteiger charge is -2.37. The van der Waals surface area contributed by atoms with Gasteiger partial charge in [-0.05, 0) is 36.8 Å². The van der Waals surface area contributed by atoms with Crippen molar-refractivity contribution in [2.45, 2.75) is 129 Å². The maximum atomic E-state index is 3.75. The highest BCUT2D eigenvalue weighted by Crippen LogP contribution is 2.43. The monoisotopic (exact) mass is 501 g/mol. The van der Waals surface area contributed by atoms with Gasteiger partial charge in [0.15, 0.2) is 0 Å². The molecule has 0 bridgehead atoms. The first kappa shape index (κ1) is 29.2. The first-order chi connectivity index (χ1) is 18.2. The van der Waals surface area contributed by atoms with Gasteiger partial charge < -0.3 is 0 Å². The maximum absolute atomic E-state index is 3.75. The van der Waals surface area contributed by atoms with Crippen molar-refractivity contribution in [3.05, 3.63) is 90.0 Å². The van der Waals surface area contributed by atoms with E-state index in [0.29, 0.717) is 5.92 Å². The number of aromatic amines is 1. The SMILES string of the molecule is CCCCCCCCCCC(c1[nH]cc[n+]1CCCCCC)C(C)(Cc1ccccc1)c1ccccc1. The molecule has 2 nitrogen and oxygen atoms in total.